The number of likely N-dealkylation sites (N-methyl/N-ethyl adjacent to an activating group) is 1. The SMILES string of the molecule is CCCCCCCCCCN(C)CCO.Cl. The average Bonchev–Trinajstić information content (AvgIpc) is 2.22. The second-order valence-corrected chi connectivity index (χ2v) is 4.50. The number of hydrogen-bond donors (Lipinski definition) is 1. The van der Waals surface area contributed by atoms with E-state index in [0.29, 0.717) is 0 Å². The van der Waals surface area contributed by atoms with E-state index in [4.69, 9.17) is 5.11 Å². The Bertz CT molecular complexity index is 123. The molecule has 1 N–H and O–H groups in total. The van der Waals surface area contributed by atoms with Crippen LogP contribution in [0.1, 0.15) is 58.3 Å². The van der Waals surface area contributed by atoms with Gasteiger partial charge in [-0.3, -0.25) is 0 Å². The van der Waals surface area contributed by atoms with Crippen LogP contribution in [0.25, 0.3) is 0 Å². The lowest BCUT2D eigenvalue weighted by atomic mass is 10.1. The first-order valence-corrected chi connectivity index (χ1v) is 6.60. The molecule has 0 heterocycles. The van der Waals surface area contributed by atoms with Crippen molar-refractivity contribution in [3.8, 4) is 0 Å². The van der Waals surface area contributed by atoms with Crippen LogP contribution in [-0.2, 0) is 0 Å². The predicted octanol–water partition coefficient (Wildman–Crippen LogP) is 3.47. The molecule has 0 amide bonds. The molecular weight excluding hydrogens is 222 g/mol. The largest absolute Gasteiger partial charge is 0.395 e. The van der Waals surface area contributed by atoms with Crippen LogP contribution < -0.4 is 0 Å². The number of nitrogens with zero attached hydrogens (tertiary/aromatic N) is 1. The van der Waals surface area contributed by atoms with Crippen LogP contribution >= 0.6 is 12.4 Å². The number of unbranched alkanes of at least 4 members (excludes halogenated alkanes) is 7. The highest BCUT2D eigenvalue weighted by atomic mass is 35.5. The van der Waals surface area contributed by atoms with Gasteiger partial charge in [-0.2, -0.15) is 0 Å². The average molecular weight is 252 g/mol. The zero-order valence-electron chi connectivity index (χ0n) is 11.1. The third-order valence-electron chi connectivity index (χ3n) is 2.88. The summed E-state index contributed by atoms with van der Waals surface area (Å²) in [5.41, 5.74) is 0. The lowest BCUT2D eigenvalue weighted by Crippen LogP contribution is -2.23. The first-order valence-electron chi connectivity index (χ1n) is 6.60. The Morgan fingerprint density at radius 2 is 1.31 bits per heavy atom. The topological polar surface area (TPSA) is 23.5 Å². The molecule has 0 bridgehead atoms. The molecule has 0 saturated heterocycles. The molecule has 100 valence electrons. The van der Waals surface area contributed by atoms with Crippen LogP contribution in [0, 0.1) is 0 Å². The summed E-state index contributed by atoms with van der Waals surface area (Å²) >= 11 is 0. The number of halogens is 1. The van der Waals surface area contributed by atoms with Crippen molar-refractivity contribution in [2.45, 2.75) is 58.3 Å². The van der Waals surface area contributed by atoms with Gasteiger partial charge in [-0.1, -0.05) is 51.9 Å². The minimum Gasteiger partial charge on any atom is -0.395 e. The number of aliphatic hydroxyl groups is 1. The summed E-state index contributed by atoms with van der Waals surface area (Å²) in [6, 6.07) is 0. The smallest absolute Gasteiger partial charge is 0.0558 e. The Morgan fingerprint density at radius 3 is 1.81 bits per heavy atom. The third kappa shape index (κ3) is 14.2. The minimum absolute atomic E-state index is 0. The molecule has 0 aromatic rings. The van der Waals surface area contributed by atoms with Gasteiger partial charge in [-0.15, -0.1) is 12.4 Å². The van der Waals surface area contributed by atoms with Gasteiger partial charge in [-0.05, 0) is 20.0 Å². The van der Waals surface area contributed by atoms with E-state index in [0.717, 1.165) is 13.1 Å². The van der Waals surface area contributed by atoms with E-state index in [9.17, 15) is 0 Å². The van der Waals surface area contributed by atoms with Crippen molar-refractivity contribution in [3.63, 3.8) is 0 Å². The normalized spacial score (nSPS) is 10.5. The van der Waals surface area contributed by atoms with Gasteiger partial charge in [0.1, 0.15) is 0 Å². The Morgan fingerprint density at radius 1 is 0.812 bits per heavy atom. The number of aliphatic hydroxyl groups excluding tert-OH is 1. The minimum atomic E-state index is 0. The van der Waals surface area contributed by atoms with Crippen LogP contribution in [0.2, 0.25) is 0 Å². The maximum atomic E-state index is 8.72. The second-order valence-electron chi connectivity index (χ2n) is 4.50. The number of hydrogen-bond acceptors (Lipinski definition) is 2. The molecule has 0 rings (SSSR count). The molecule has 0 aliphatic rings. The van der Waals surface area contributed by atoms with Crippen LogP contribution in [0.5, 0.6) is 0 Å². The van der Waals surface area contributed by atoms with Gasteiger partial charge in [0.25, 0.3) is 0 Å². The molecule has 0 saturated carbocycles. The Hall–Kier alpha value is 0.210. The Labute approximate surface area is 108 Å². The first-order chi connectivity index (χ1) is 7.31. The van der Waals surface area contributed by atoms with Gasteiger partial charge in [0.05, 0.1) is 6.61 Å². The summed E-state index contributed by atoms with van der Waals surface area (Å²) < 4.78 is 0. The lowest BCUT2D eigenvalue weighted by Gasteiger charge is -2.14. The molecule has 0 radical (unpaired) electrons. The van der Waals surface area contributed by atoms with Gasteiger partial charge in [0, 0.05) is 6.54 Å². The summed E-state index contributed by atoms with van der Waals surface area (Å²) in [4.78, 5) is 2.21. The third-order valence-corrected chi connectivity index (χ3v) is 2.88. The van der Waals surface area contributed by atoms with Gasteiger partial charge < -0.3 is 10.0 Å². The molecule has 0 aromatic heterocycles. The molecule has 3 heteroatoms. The van der Waals surface area contributed by atoms with Crippen LogP contribution in [0.15, 0.2) is 0 Å². The van der Waals surface area contributed by atoms with Crippen LogP contribution in [0.4, 0.5) is 0 Å². The van der Waals surface area contributed by atoms with Gasteiger partial charge in [-0.25, -0.2) is 0 Å². The van der Waals surface area contributed by atoms with Gasteiger partial charge in [0.2, 0.25) is 0 Å². The zero-order valence-corrected chi connectivity index (χ0v) is 11.9. The Balaban J connectivity index is 0. The summed E-state index contributed by atoms with van der Waals surface area (Å²) in [6.45, 7) is 4.50. The zero-order chi connectivity index (χ0) is 11.4. The van der Waals surface area contributed by atoms with Crippen molar-refractivity contribution in [1.29, 1.82) is 0 Å². The summed E-state index contributed by atoms with van der Waals surface area (Å²) in [6.07, 6.45) is 11.0. The molecule has 0 spiro atoms. The fourth-order valence-corrected chi connectivity index (χ4v) is 1.80. The monoisotopic (exact) mass is 251 g/mol. The Kier molecular flexibility index (Phi) is 17.7. The highest BCUT2D eigenvalue weighted by Crippen LogP contribution is 2.08. The van der Waals surface area contributed by atoms with Crippen molar-refractivity contribution >= 4 is 12.4 Å². The van der Waals surface area contributed by atoms with Gasteiger partial charge in [0.15, 0.2) is 0 Å². The molecule has 0 aromatic carbocycles. The predicted molar refractivity (Wildman–Crippen MR) is 74.4 cm³/mol. The van der Waals surface area contributed by atoms with Crippen molar-refractivity contribution in [2.24, 2.45) is 0 Å². The van der Waals surface area contributed by atoms with Crippen molar-refractivity contribution in [1.82, 2.24) is 4.90 Å². The fraction of sp³-hybridized carbons (Fsp3) is 1.00. The molecular formula is C13H30ClNO. The molecule has 16 heavy (non-hydrogen) atoms. The molecule has 0 aliphatic heterocycles. The summed E-state index contributed by atoms with van der Waals surface area (Å²) in [7, 11) is 2.08. The van der Waals surface area contributed by atoms with Crippen LogP contribution in [0.3, 0.4) is 0 Å². The van der Waals surface area contributed by atoms with E-state index < -0.39 is 0 Å². The van der Waals surface area contributed by atoms with E-state index >= 15 is 0 Å². The van der Waals surface area contributed by atoms with Gasteiger partial charge >= 0.3 is 0 Å². The summed E-state index contributed by atoms with van der Waals surface area (Å²) in [5, 5.41) is 8.72. The van der Waals surface area contributed by atoms with Crippen LogP contribution in [-0.4, -0.2) is 36.8 Å². The highest BCUT2D eigenvalue weighted by Gasteiger charge is 1.96. The first kappa shape index (κ1) is 18.6. The highest BCUT2D eigenvalue weighted by molar-refractivity contribution is 5.85. The van der Waals surface area contributed by atoms with Crippen molar-refractivity contribution in [2.75, 3.05) is 26.7 Å². The maximum absolute atomic E-state index is 8.72. The lowest BCUT2D eigenvalue weighted by molar-refractivity contribution is 0.219. The molecule has 0 aliphatic carbocycles. The van der Waals surface area contributed by atoms with Crippen molar-refractivity contribution in [3.05, 3.63) is 0 Å². The molecule has 0 atom stereocenters. The van der Waals surface area contributed by atoms with E-state index in [1.54, 1.807) is 0 Å². The molecule has 2 nitrogen and oxygen atoms in total. The second kappa shape index (κ2) is 15.2. The summed E-state index contributed by atoms with van der Waals surface area (Å²) in [5.74, 6) is 0. The molecule has 0 unspecified atom stereocenters. The van der Waals surface area contributed by atoms with E-state index in [1.165, 1.54) is 51.4 Å². The van der Waals surface area contributed by atoms with E-state index in [-0.39, 0.29) is 19.0 Å². The fourth-order valence-electron chi connectivity index (χ4n) is 1.80. The molecule has 0 fully saturated rings. The van der Waals surface area contributed by atoms with Crippen molar-refractivity contribution < 1.29 is 5.11 Å². The quantitative estimate of drug-likeness (QED) is 0.569. The number of rotatable bonds is 11. The van der Waals surface area contributed by atoms with E-state index in [1.807, 2.05) is 0 Å². The standard InChI is InChI=1S/C13H29NO.ClH/c1-3-4-5-6-7-8-9-10-11-14(2)12-13-15;/h15H,3-13H2,1-2H3;1H. The maximum Gasteiger partial charge on any atom is 0.0558 e. The van der Waals surface area contributed by atoms with E-state index in [2.05, 4.69) is 18.9 Å².